The minimum absolute atomic E-state index is 0.125. The van der Waals surface area contributed by atoms with Gasteiger partial charge in [-0.3, -0.25) is 4.79 Å². The number of hydrogen-bond acceptors (Lipinski definition) is 1. The van der Waals surface area contributed by atoms with E-state index in [9.17, 15) is 13.6 Å². The summed E-state index contributed by atoms with van der Waals surface area (Å²) >= 11 is 0. The van der Waals surface area contributed by atoms with E-state index in [1.54, 1.807) is 27.7 Å². The molecular formula is C13H19F2NO. The number of allylic oxidation sites excluding steroid dienone is 3. The van der Waals surface area contributed by atoms with Crippen LogP contribution >= 0.6 is 0 Å². The second-order valence-electron chi connectivity index (χ2n) is 4.88. The SMILES string of the molecule is CC(C)C(=O)NC(C)C1=C(F)C=C(F)CC1C. The van der Waals surface area contributed by atoms with Crippen molar-refractivity contribution in [1.82, 2.24) is 5.32 Å². The molecule has 0 radical (unpaired) electrons. The second-order valence-corrected chi connectivity index (χ2v) is 4.88. The van der Waals surface area contributed by atoms with Crippen molar-refractivity contribution >= 4 is 5.91 Å². The Morgan fingerprint density at radius 3 is 2.47 bits per heavy atom. The molecule has 96 valence electrons. The first-order valence-corrected chi connectivity index (χ1v) is 5.89. The summed E-state index contributed by atoms with van der Waals surface area (Å²) < 4.78 is 26.7. The highest BCUT2D eigenvalue weighted by molar-refractivity contribution is 5.78. The van der Waals surface area contributed by atoms with Crippen molar-refractivity contribution in [2.24, 2.45) is 11.8 Å². The van der Waals surface area contributed by atoms with Crippen LogP contribution in [-0.2, 0) is 4.79 Å². The Kier molecular flexibility index (Phi) is 4.43. The van der Waals surface area contributed by atoms with Gasteiger partial charge in [0.2, 0.25) is 5.91 Å². The summed E-state index contributed by atoms with van der Waals surface area (Å²) in [6.45, 7) is 7.04. The van der Waals surface area contributed by atoms with Crippen molar-refractivity contribution in [2.75, 3.05) is 0 Å². The Balaban J connectivity index is 2.84. The van der Waals surface area contributed by atoms with Crippen molar-refractivity contribution in [3.8, 4) is 0 Å². The summed E-state index contributed by atoms with van der Waals surface area (Å²) in [6, 6.07) is -0.399. The lowest BCUT2D eigenvalue weighted by molar-refractivity contribution is -0.124. The summed E-state index contributed by atoms with van der Waals surface area (Å²) in [4.78, 5) is 11.5. The van der Waals surface area contributed by atoms with Crippen LogP contribution in [0.2, 0.25) is 0 Å². The summed E-state index contributed by atoms with van der Waals surface area (Å²) in [5.41, 5.74) is 0.473. The summed E-state index contributed by atoms with van der Waals surface area (Å²) in [7, 11) is 0. The first-order valence-electron chi connectivity index (χ1n) is 5.89. The van der Waals surface area contributed by atoms with E-state index in [1.807, 2.05) is 0 Å². The topological polar surface area (TPSA) is 29.1 Å². The molecule has 2 unspecified atom stereocenters. The molecule has 0 fully saturated rings. The summed E-state index contributed by atoms with van der Waals surface area (Å²) in [5.74, 6) is -1.49. The predicted molar refractivity (Wildman–Crippen MR) is 63.5 cm³/mol. The first-order chi connectivity index (χ1) is 7.82. The highest BCUT2D eigenvalue weighted by Crippen LogP contribution is 2.32. The maximum Gasteiger partial charge on any atom is 0.223 e. The monoisotopic (exact) mass is 243 g/mol. The maximum absolute atomic E-state index is 13.7. The summed E-state index contributed by atoms with van der Waals surface area (Å²) in [6.07, 6.45) is 1.11. The zero-order chi connectivity index (χ0) is 13.2. The van der Waals surface area contributed by atoms with Gasteiger partial charge in [-0.15, -0.1) is 0 Å². The Labute approximate surface area is 101 Å². The molecule has 1 rings (SSSR count). The van der Waals surface area contributed by atoms with E-state index in [0.717, 1.165) is 6.08 Å². The molecule has 0 heterocycles. The molecule has 0 bridgehead atoms. The van der Waals surface area contributed by atoms with Gasteiger partial charge in [0.05, 0.1) is 6.04 Å². The predicted octanol–water partition coefficient (Wildman–Crippen LogP) is 3.26. The van der Waals surface area contributed by atoms with Crippen LogP contribution in [0.3, 0.4) is 0 Å². The average Bonchev–Trinajstić information content (AvgIpc) is 2.15. The van der Waals surface area contributed by atoms with E-state index in [1.165, 1.54) is 0 Å². The zero-order valence-electron chi connectivity index (χ0n) is 10.7. The van der Waals surface area contributed by atoms with Gasteiger partial charge in [0.1, 0.15) is 11.7 Å². The van der Waals surface area contributed by atoms with E-state index >= 15 is 0 Å². The third-order valence-corrected chi connectivity index (χ3v) is 2.94. The molecule has 2 atom stereocenters. The molecule has 0 aromatic carbocycles. The van der Waals surface area contributed by atoms with E-state index < -0.39 is 17.7 Å². The molecule has 1 N–H and O–H groups in total. The third kappa shape index (κ3) is 3.38. The molecule has 1 aliphatic rings. The highest BCUT2D eigenvalue weighted by atomic mass is 19.1. The lowest BCUT2D eigenvalue weighted by Crippen LogP contribution is -2.38. The van der Waals surface area contributed by atoms with Crippen LogP contribution in [-0.4, -0.2) is 11.9 Å². The van der Waals surface area contributed by atoms with Crippen LogP contribution in [0.1, 0.15) is 34.1 Å². The van der Waals surface area contributed by atoms with Crippen molar-refractivity contribution in [3.63, 3.8) is 0 Å². The van der Waals surface area contributed by atoms with Gasteiger partial charge in [0.25, 0.3) is 0 Å². The molecule has 0 saturated heterocycles. The van der Waals surface area contributed by atoms with Gasteiger partial charge in [0.15, 0.2) is 0 Å². The number of halogens is 2. The van der Waals surface area contributed by atoms with Gasteiger partial charge in [-0.2, -0.15) is 0 Å². The van der Waals surface area contributed by atoms with Crippen LogP contribution in [0.25, 0.3) is 0 Å². The van der Waals surface area contributed by atoms with Crippen LogP contribution in [0, 0.1) is 11.8 Å². The largest absolute Gasteiger partial charge is 0.350 e. The van der Waals surface area contributed by atoms with Crippen molar-refractivity contribution in [2.45, 2.75) is 40.2 Å². The van der Waals surface area contributed by atoms with Crippen molar-refractivity contribution in [3.05, 3.63) is 23.3 Å². The van der Waals surface area contributed by atoms with Crippen LogP contribution in [0.4, 0.5) is 8.78 Å². The quantitative estimate of drug-likeness (QED) is 0.809. The molecule has 0 aromatic rings. The lowest BCUT2D eigenvalue weighted by atomic mass is 9.87. The van der Waals surface area contributed by atoms with E-state index in [4.69, 9.17) is 0 Å². The number of hydrogen-bond donors (Lipinski definition) is 1. The van der Waals surface area contributed by atoms with Crippen LogP contribution < -0.4 is 5.32 Å². The molecule has 17 heavy (non-hydrogen) atoms. The van der Waals surface area contributed by atoms with Gasteiger partial charge >= 0.3 is 0 Å². The third-order valence-electron chi connectivity index (χ3n) is 2.94. The molecule has 4 heteroatoms. The van der Waals surface area contributed by atoms with Crippen molar-refractivity contribution < 1.29 is 13.6 Å². The standard InChI is InChI=1S/C13H19F2NO/c1-7(2)13(17)16-9(4)12-8(3)5-10(14)6-11(12)15/h6-9H,5H2,1-4H3,(H,16,17). The van der Waals surface area contributed by atoms with Gasteiger partial charge in [-0.1, -0.05) is 20.8 Å². The van der Waals surface area contributed by atoms with Gasteiger partial charge in [-0.05, 0) is 18.4 Å². The van der Waals surface area contributed by atoms with E-state index in [0.29, 0.717) is 5.57 Å². The lowest BCUT2D eigenvalue weighted by Gasteiger charge is -2.26. The Morgan fingerprint density at radius 2 is 2.00 bits per heavy atom. The molecule has 2 nitrogen and oxygen atoms in total. The first kappa shape index (κ1) is 13.9. The molecule has 0 aromatic heterocycles. The van der Waals surface area contributed by atoms with Crippen molar-refractivity contribution in [1.29, 1.82) is 0 Å². The number of nitrogens with one attached hydrogen (secondary N) is 1. The normalized spacial score (nSPS) is 22.5. The Hall–Kier alpha value is -1.19. The molecule has 1 aliphatic carbocycles. The number of carbonyl (C=O) groups is 1. The highest BCUT2D eigenvalue weighted by Gasteiger charge is 2.26. The molecule has 0 saturated carbocycles. The smallest absolute Gasteiger partial charge is 0.223 e. The molecule has 0 aliphatic heterocycles. The maximum atomic E-state index is 13.7. The van der Waals surface area contributed by atoms with Crippen LogP contribution in [0.5, 0.6) is 0 Å². The van der Waals surface area contributed by atoms with E-state index in [-0.39, 0.29) is 24.2 Å². The zero-order valence-corrected chi connectivity index (χ0v) is 10.7. The molecule has 0 spiro atoms. The minimum Gasteiger partial charge on any atom is -0.350 e. The van der Waals surface area contributed by atoms with Gasteiger partial charge in [0, 0.05) is 18.4 Å². The number of amides is 1. The van der Waals surface area contributed by atoms with Gasteiger partial charge in [-0.25, -0.2) is 8.78 Å². The fourth-order valence-electron chi connectivity index (χ4n) is 2.01. The number of carbonyl (C=O) groups excluding carboxylic acids is 1. The second kappa shape index (κ2) is 5.43. The minimum atomic E-state index is -0.558. The fourth-order valence-corrected chi connectivity index (χ4v) is 2.01. The fraction of sp³-hybridized carbons (Fsp3) is 0.615. The molecular weight excluding hydrogens is 224 g/mol. The molecule has 1 amide bonds. The van der Waals surface area contributed by atoms with Crippen LogP contribution in [0.15, 0.2) is 23.3 Å². The van der Waals surface area contributed by atoms with Gasteiger partial charge < -0.3 is 5.32 Å². The average molecular weight is 243 g/mol. The Morgan fingerprint density at radius 1 is 1.41 bits per heavy atom. The van der Waals surface area contributed by atoms with E-state index in [2.05, 4.69) is 5.32 Å². The summed E-state index contributed by atoms with van der Waals surface area (Å²) in [5, 5.41) is 2.74. The Bertz CT molecular complexity index is 372. The number of rotatable bonds is 3.